The minimum Gasteiger partial charge on any atom is -0.346 e. The maximum atomic E-state index is 12.4. The van der Waals surface area contributed by atoms with E-state index in [2.05, 4.69) is 0 Å². The van der Waals surface area contributed by atoms with Gasteiger partial charge in [0.1, 0.15) is 6.10 Å². The zero-order valence-electron chi connectivity index (χ0n) is 11.2. The van der Waals surface area contributed by atoms with Gasteiger partial charge in [-0.15, -0.1) is 0 Å². The Balaban J connectivity index is 2.06. The third-order valence-corrected chi connectivity index (χ3v) is 3.04. The van der Waals surface area contributed by atoms with Gasteiger partial charge >= 0.3 is 0 Å². The normalized spacial score (nSPS) is 22.7. The topological polar surface area (TPSA) is 59.0 Å². The van der Waals surface area contributed by atoms with Crippen LogP contribution in [-0.4, -0.2) is 47.7 Å². The third kappa shape index (κ3) is 3.53. The second kappa shape index (κ2) is 6.14. The average molecular weight is 265 g/mol. The largest absolute Gasteiger partial charge is 0.346 e. The summed E-state index contributed by atoms with van der Waals surface area (Å²) in [4.78, 5) is 14.1. The second-order valence-electron chi connectivity index (χ2n) is 4.82. The first kappa shape index (κ1) is 14.0. The Kier molecular flexibility index (Phi) is 4.52. The lowest BCUT2D eigenvalue weighted by atomic mass is 10.1. The molecule has 0 bridgehead atoms. The number of rotatable bonds is 4. The van der Waals surface area contributed by atoms with E-state index in [4.69, 9.17) is 14.6 Å². The first-order valence-corrected chi connectivity index (χ1v) is 6.39. The van der Waals surface area contributed by atoms with Crippen molar-refractivity contribution in [2.45, 2.75) is 32.5 Å². The smallest absolute Gasteiger partial charge is 0.269 e. The molecule has 0 aromatic heterocycles. The molecule has 5 heteroatoms. The Hall–Kier alpha value is -1.43. The number of benzene rings is 1. The van der Waals surface area contributed by atoms with Crippen LogP contribution >= 0.6 is 0 Å². The minimum absolute atomic E-state index is 0.0411. The van der Waals surface area contributed by atoms with Gasteiger partial charge in [0.2, 0.25) is 0 Å². The molecule has 19 heavy (non-hydrogen) atoms. The van der Waals surface area contributed by atoms with E-state index < -0.39 is 6.48 Å². The van der Waals surface area contributed by atoms with Crippen molar-refractivity contribution < 1.29 is 19.4 Å². The Labute approximate surface area is 112 Å². The highest BCUT2D eigenvalue weighted by Gasteiger charge is 2.29. The second-order valence-corrected chi connectivity index (χ2v) is 4.82. The van der Waals surface area contributed by atoms with Crippen molar-refractivity contribution >= 4 is 5.91 Å². The predicted octanol–water partition coefficient (Wildman–Crippen LogP) is 1.23. The number of carbonyl (C=O) groups excluding carboxylic acids is 1. The first-order chi connectivity index (χ1) is 9.08. The number of ether oxygens (including phenoxy) is 2. The van der Waals surface area contributed by atoms with Crippen molar-refractivity contribution in [2.75, 3.05) is 13.2 Å². The fourth-order valence-corrected chi connectivity index (χ4v) is 2.02. The van der Waals surface area contributed by atoms with Crippen molar-refractivity contribution in [3.05, 3.63) is 35.9 Å². The van der Waals surface area contributed by atoms with Crippen molar-refractivity contribution in [1.82, 2.24) is 4.90 Å². The summed E-state index contributed by atoms with van der Waals surface area (Å²) in [5.41, 5.74) is 0.649. The Bertz CT molecular complexity index is 421. The Morgan fingerprint density at radius 3 is 2.63 bits per heavy atom. The molecule has 2 rings (SSSR count). The summed E-state index contributed by atoms with van der Waals surface area (Å²) in [5, 5.41) is 9.16. The van der Waals surface area contributed by atoms with Crippen molar-refractivity contribution in [3.8, 4) is 0 Å². The summed E-state index contributed by atoms with van der Waals surface area (Å²) < 4.78 is 10.1. The van der Waals surface area contributed by atoms with E-state index in [9.17, 15) is 4.79 Å². The van der Waals surface area contributed by atoms with Gasteiger partial charge in [0.15, 0.2) is 0 Å². The van der Waals surface area contributed by atoms with E-state index in [-0.39, 0.29) is 18.1 Å². The third-order valence-electron chi connectivity index (χ3n) is 3.04. The number of aliphatic hydroxyl groups excluding tert-OH is 1. The molecular weight excluding hydrogens is 246 g/mol. The molecule has 5 nitrogen and oxygen atoms in total. The molecule has 1 aromatic rings. The van der Waals surface area contributed by atoms with E-state index in [0.29, 0.717) is 18.7 Å². The highest BCUT2D eigenvalue weighted by atomic mass is 16.8. The lowest BCUT2D eigenvalue weighted by molar-refractivity contribution is -0.205. The zero-order valence-corrected chi connectivity index (χ0v) is 11.2. The van der Waals surface area contributed by atoms with Crippen molar-refractivity contribution in [3.63, 3.8) is 0 Å². The van der Waals surface area contributed by atoms with Crippen LogP contribution in [0.25, 0.3) is 0 Å². The molecule has 1 N–H and O–H groups in total. The van der Waals surface area contributed by atoms with Crippen LogP contribution in [0.3, 0.4) is 0 Å². The van der Waals surface area contributed by atoms with Gasteiger partial charge in [-0.1, -0.05) is 18.2 Å². The minimum atomic E-state index is -1.18. The van der Waals surface area contributed by atoms with Crippen LogP contribution in [0.1, 0.15) is 24.2 Å². The van der Waals surface area contributed by atoms with Crippen LogP contribution in [0.5, 0.6) is 0 Å². The zero-order chi connectivity index (χ0) is 13.8. The van der Waals surface area contributed by atoms with Crippen LogP contribution in [0.4, 0.5) is 0 Å². The summed E-state index contributed by atoms with van der Waals surface area (Å²) in [7, 11) is 0. The van der Waals surface area contributed by atoms with Crippen LogP contribution in [0, 0.1) is 0 Å². The van der Waals surface area contributed by atoms with Gasteiger partial charge in [-0.05, 0) is 26.0 Å². The molecule has 0 radical (unpaired) electrons. The lowest BCUT2D eigenvalue weighted by Gasteiger charge is -2.28. The number of carbonyl (C=O) groups is 1. The van der Waals surface area contributed by atoms with Gasteiger partial charge in [-0.2, -0.15) is 0 Å². The SMILES string of the molecule is CC(C)N(CC1COC(O)O1)C(=O)c1ccccc1. The number of nitrogens with zero attached hydrogens (tertiary/aromatic N) is 1. The summed E-state index contributed by atoms with van der Waals surface area (Å²) in [6, 6.07) is 9.18. The predicted molar refractivity (Wildman–Crippen MR) is 69.4 cm³/mol. The van der Waals surface area contributed by atoms with Crippen LogP contribution in [0.15, 0.2) is 30.3 Å². The maximum Gasteiger partial charge on any atom is 0.269 e. The molecule has 2 unspecified atom stereocenters. The van der Waals surface area contributed by atoms with Gasteiger partial charge in [0.05, 0.1) is 6.61 Å². The van der Waals surface area contributed by atoms with E-state index in [1.54, 1.807) is 17.0 Å². The van der Waals surface area contributed by atoms with Crippen molar-refractivity contribution in [2.24, 2.45) is 0 Å². The fraction of sp³-hybridized carbons (Fsp3) is 0.500. The molecule has 0 saturated carbocycles. The molecule has 1 aliphatic heterocycles. The quantitative estimate of drug-likeness (QED) is 0.889. The molecule has 1 aromatic carbocycles. The van der Waals surface area contributed by atoms with Gasteiger partial charge in [0, 0.05) is 18.2 Å². The van der Waals surface area contributed by atoms with Gasteiger partial charge in [-0.3, -0.25) is 4.79 Å². The van der Waals surface area contributed by atoms with Crippen LogP contribution in [-0.2, 0) is 9.47 Å². The average Bonchev–Trinajstić information content (AvgIpc) is 2.81. The van der Waals surface area contributed by atoms with Gasteiger partial charge < -0.3 is 19.5 Å². The Morgan fingerprint density at radius 2 is 2.11 bits per heavy atom. The number of hydrogen-bond donors (Lipinski definition) is 1. The van der Waals surface area contributed by atoms with E-state index in [1.807, 2.05) is 32.0 Å². The first-order valence-electron chi connectivity index (χ1n) is 6.39. The highest BCUT2D eigenvalue weighted by Crippen LogP contribution is 2.15. The Morgan fingerprint density at radius 1 is 1.42 bits per heavy atom. The molecule has 2 atom stereocenters. The van der Waals surface area contributed by atoms with Crippen LogP contribution in [0.2, 0.25) is 0 Å². The molecule has 0 spiro atoms. The number of amides is 1. The summed E-state index contributed by atoms with van der Waals surface area (Å²) in [6.45, 7) is 3.43. The van der Waals surface area contributed by atoms with E-state index >= 15 is 0 Å². The van der Waals surface area contributed by atoms with Crippen molar-refractivity contribution in [1.29, 1.82) is 0 Å². The van der Waals surface area contributed by atoms with Gasteiger partial charge in [0.25, 0.3) is 12.4 Å². The number of hydrogen-bond acceptors (Lipinski definition) is 4. The summed E-state index contributed by atoms with van der Waals surface area (Å²) in [5.74, 6) is -0.0411. The molecule has 0 aliphatic carbocycles. The molecule has 104 valence electrons. The summed E-state index contributed by atoms with van der Waals surface area (Å²) >= 11 is 0. The molecule has 1 amide bonds. The van der Waals surface area contributed by atoms with Gasteiger partial charge in [-0.25, -0.2) is 0 Å². The lowest BCUT2D eigenvalue weighted by Crippen LogP contribution is -2.42. The molecule has 1 fully saturated rings. The van der Waals surface area contributed by atoms with E-state index in [0.717, 1.165) is 0 Å². The maximum absolute atomic E-state index is 12.4. The standard InChI is InChI=1S/C14H19NO4/c1-10(2)15(8-12-9-18-14(17)19-12)13(16)11-6-4-3-5-7-11/h3-7,10,12,14,17H,8-9H2,1-2H3. The molecule has 1 heterocycles. The fourth-order valence-electron chi connectivity index (χ4n) is 2.02. The molecular formula is C14H19NO4. The molecule has 1 aliphatic rings. The molecule has 1 saturated heterocycles. The summed E-state index contributed by atoms with van der Waals surface area (Å²) in [6.07, 6.45) is -0.287. The number of aliphatic hydroxyl groups is 1. The van der Waals surface area contributed by atoms with Crippen LogP contribution < -0.4 is 0 Å². The monoisotopic (exact) mass is 265 g/mol. The highest BCUT2D eigenvalue weighted by molar-refractivity contribution is 5.94. The van der Waals surface area contributed by atoms with E-state index in [1.165, 1.54) is 0 Å².